The SMILES string of the molecule is Cc1nc2c(s1)[C@@H](N(C)C(=O)Cc1cn3ccsc3n1)CCC2. The summed E-state index contributed by atoms with van der Waals surface area (Å²) in [4.78, 5) is 25.9. The van der Waals surface area contributed by atoms with E-state index in [0.29, 0.717) is 6.42 Å². The number of likely N-dealkylation sites (N-methyl/N-ethyl adjacent to an activating group) is 1. The van der Waals surface area contributed by atoms with E-state index in [1.807, 2.05) is 41.0 Å². The van der Waals surface area contributed by atoms with Crippen molar-refractivity contribution in [1.29, 1.82) is 0 Å². The molecule has 0 aliphatic heterocycles. The molecule has 0 unspecified atom stereocenters. The van der Waals surface area contributed by atoms with Gasteiger partial charge in [-0.2, -0.15) is 0 Å². The average molecular weight is 346 g/mol. The third-order valence-corrected chi connectivity index (χ3v) is 6.25. The van der Waals surface area contributed by atoms with Crippen molar-refractivity contribution >= 4 is 33.5 Å². The summed E-state index contributed by atoms with van der Waals surface area (Å²) in [6.07, 6.45) is 7.43. The van der Waals surface area contributed by atoms with E-state index < -0.39 is 0 Å². The van der Waals surface area contributed by atoms with Crippen molar-refractivity contribution in [2.45, 2.75) is 38.6 Å². The van der Waals surface area contributed by atoms with Crippen molar-refractivity contribution in [3.63, 3.8) is 0 Å². The van der Waals surface area contributed by atoms with E-state index in [1.54, 1.807) is 22.7 Å². The normalized spacial score (nSPS) is 17.4. The minimum Gasteiger partial charge on any atom is -0.337 e. The van der Waals surface area contributed by atoms with Gasteiger partial charge in [-0.3, -0.25) is 9.20 Å². The predicted molar refractivity (Wildman–Crippen MR) is 92.1 cm³/mol. The monoisotopic (exact) mass is 346 g/mol. The van der Waals surface area contributed by atoms with Crippen molar-refractivity contribution < 1.29 is 4.79 Å². The fourth-order valence-electron chi connectivity index (χ4n) is 3.20. The lowest BCUT2D eigenvalue weighted by molar-refractivity contribution is -0.131. The summed E-state index contributed by atoms with van der Waals surface area (Å²) in [5.41, 5.74) is 2.02. The Morgan fingerprint density at radius 3 is 3.17 bits per heavy atom. The second kappa shape index (κ2) is 5.72. The Morgan fingerprint density at radius 2 is 2.35 bits per heavy atom. The van der Waals surface area contributed by atoms with Gasteiger partial charge in [0, 0.05) is 24.8 Å². The number of thiazole rings is 2. The summed E-state index contributed by atoms with van der Waals surface area (Å²) in [5.74, 6) is 0.125. The molecule has 0 aromatic carbocycles. The van der Waals surface area contributed by atoms with Gasteiger partial charge >= 0.3 is 0 Å². The standard InChI is InChI=1S/C16H18N4OS2/c1-10-17-12-4-3-5-13(15(12)23-10)19(2)14(21)8-11-9-20-6-7-22-16(20)18-11/h6-7,9,13H,3-5,8H2,1-2H3/t13-/m0/s1. The van der Waals surface area contributed by atoms with Crippen molar-refractivity contribution in [3.05, 3.63) is 39.0 Å². The number of carbonyl (C=O) groups excluding carboxylic acids is 1. The number of amides is 1. The second-order valence-electron chi connectivity index (χ2n) is 5.96. The van der Waals surface area contributed by atoms with E-state index >= 15 is 0 Å². The van der Waals surface area contributed by atoms with Gasteiger partial charge in [0.25, 0.3) is 0 Å². The van der Waals surface area contributed by atoms with Crippen molar-refractivity contribution in [2.75, 3.05) is 7.05 Å². The van der Waals surface area contributed by atoms with Crippen LogP contribution in [0, 0.1) is 6.92 Å². The maximum absolute atomic E-state index is 12.7. The van der Waals surface area contributed by atoms with Gasteiger partial charge in [0.15, 0.2) is 4.96 Å². The van der Waals surface area contributed by atoms with Crippen LogP contribution in [0.2, 0.25) is 0 Å². The van der Waals surface area contributed by atoms with Crippen LogP contribution in [-0.4, -0.2) is 32.2 Å². The van der Waals surface area contributed by atoms with Crippen molar-refractivity contribution in [2.24, 2.45) is 0 Å². The number of rotatable bonds is 3. The number of imidazole rings is 1. The van der Waals surface area contributed by atoms with Gasteiger partial charge in [-0.15, -0.1) is 22.7 Å². The number of carbonyl (C=O) groups is 1. The van der Waals surface area contributed by atoms with E-state index in [1.165, 1.54) is 10.6 Å². The zero-order chi connectivity index (χ0) is 16.0. The number of hydrogen-bond acceptors (Lipinski definition) is 5. The molecule has 5 nitrogen and oxygen atoms in total. The Morgan fingerprint density at radius 1 is 1.48 bits per heavy atom. The molecule has 1 aliphatic carbocycles. The van der Waals surface area contributed by atoms with Crippen LogP contribution in [-0.2, 0) is 17.6 Å². The predicted octanol–water partition coefficient (Wildman–Crippen LogP) is 3.24. The summed E-state index contributed by atoms with van der Waals surface area (Å²) in [6.45, 7) is 2.04. The van der Waals surface area contributed by atoms with E-state index in [4.69, 9.17) is 0 Å². The Hall–Kier alpha value is -1.73. The van der Waals surface area contributed by atoms with Crippen LogP contribution in [0.15, 0.2) is 17.8 Å². The molecule has 120 valence electrons. The molecule has 3 heterocycles. The van der Waals surface area contributed by atoms with Crippen molar-refractivity contribution in [3.8, 4) is 0 Å². The molecule has 0 N–H and O–H groups in total. The Labute approximate surface area is 142 Å². The molecule has 3 aromatic rings. The molecular weight excluding hydrogens is 328 g/mol. The van der Waals surface area contributed by atoms with Gasteiger partial charge in [-0.1, -0.05) is 0 Å². The Kier molecular flexibility index (Phi) is 3.69. The molecule has 0 spiro atoms. The molecule has 23 heavy (non-hydrogen) atoms. The molecule has 7 heteroatoms. The molecule has 3 aromatic heterocycles. The lowest BCUT2D eigenvalue weighted by Crippen LogP contribution is -2.33. The van der Waals surface area contributed by atoms with Crippen LogP contribution in [0.1, 0.15) is 40.2 Å². The topological polar surface area (TPSA) is 50.5 Å². The fourth-order valence-corrected chi connectivity index (χ4v) is 5.07. The Bertz CT molecular complexity index is 834. The van der Waals surface area contributed by atoms with Crippen LogP contribution < -0.4 is 0 Å². The molecule has 4 rings (SSSR count). The highest BCUT2D eigenvalue weighted by Crippen LogP contribution is 2.37. The maximum Gasteiger partial charge on any atom is 0.228 e. The number of aryl methyl sites for hydroxylation is 2. The minimum absolute atomic E-state index is 0.125. The average Bonchev–Trinajstić information content (AvgIpc) is 3.18. The molecule has 0 bridgehead atoms. The highest BCUT2D eigenvalue weighted by Gasteiger charge is 2.29. The van der Waals surface area contributed by atoms with Crippen LogP contribution in [0.25, 0.3) is 4.96 Å². The highest BCUT2D eigenvalue weighted by atomic mass is 32.1. The van der Waals surface area contributed by atoms with E-state index in [2.05, 4.69) is 9.97 Å². The van der Waals surface area contributed by atoms with Crippen LogP contribution >= 0.6 is 22.7 Å². The summed E-state index contributed by atoms with van der Waals surface area (Å²) >= 11 is 3.32. The van der Waals surface area contributed by atoms with Crippen LogP contribution in [0.3, 0.4) is 0 Å². The number of aromatic nitrogens is 3. The van der Waals surface area contributed by atoms with Gasteiger partial charge in [0.2, 0.25) is 5.91 Å². The summed E-state index contributed by atoms with van der Waals surface area (Å²) in [7, 11) is 1.91. The summed E-state index contributed by atoms with van der Waals surface area (Å²) in [5, 5.41) is 3.09. The molecule has 0 saturated heterocycles. The van der Waals surface area contributed by atoms with E-state index in [-0.39, 0.29) is 11.9 Å². The zero-order valence-corrected chi connectivity index (χ0v) is 14.8. The van der Waals surface area contributed by atoms with Crippen LogP contribution in [0.5, 0.6) is 0 Å². The number of nitrogens with zero attached hydrogens (tertiary/aromatic N) is 4. The Balaban J connectivity index is 1.53. The number of hydrogen-bond donors (Lipinski definition) is 0. The minimum atomic E-state index is 0.125. The second-order valence-corrected chi connectivity index (χ2v) is 8.07. The van der Waals surface area contributed by atoms with Gasteiger partial charge in [-0.25, -0.2) is 9.97 Å². The fraction of sp³-hybridized carbons (Fsp3) is 0.438. The van der Waals surface area contributed by atoms with Gasteiger partial charge in [0.05, 0.1) is 33.7 Å². The third-order valence-electron chi connectivity index (χ3n) is 4.36. The summed E-state index contributed by atoms with van der Waals surface area (Å²) in [6, 6.07) is 0.168. The first-order chi connectivity index (χ1) is 11.1. The van der Waals surface area contributed by atoms with Gasteiger partial charge in [0.1, 0.15) is 0 Å². The molecule has 1 aliphatic rings. The number of fused-ring (bicyclic) bond motifs is 2. The van der Waals surface area contributed by atoms with E-state index in [9.17, 15) is 4.79 Å². The molecular formula is C16H18N4OS2. The molecule has 0 saturated carbocycles. The summed E-state index contributed by atoms with van der Waals surface area (Å²) < 4.78 is 1.97. The first-order valence-electron chi connectivity index (χ1n) is 7.75. The first-order valence-corrected chi connectivity index (χ1v) is 9.44. The molecule has 1 amide bonds. The molecule has 1 atom stereocenters. The van der Waals surface area contributed by atoms with Crippen LogP contribution in [0.4, 0.5) is 0 Å². The van der Waals surface area contributed by atoms with Gasteiger partial charge < -0.3 is 4.90 Å². The third kappa shape index (κ3) is 2.68. The largest absolute Gasteiger partial charge is 0.337 e. The molecule has 0 fully saturated rings. The maximum atomic E-state index is 12.7. The lowest BCUT2D eigenvalue weighted by Gasteiger charge is -2.30. The van der Waals surface area contributed by atoms with E-state index in [0.717, 1.165) is 34.9 Å². The highest BCUT2D eigenvalue weighted by molar-refractivity contribution is 7.15. The molecule has 0 radical (unpaired) electrons. The van der Waals surface area contributed by atoms with Gasteiger partial charge in [-0.05, 0) is 26.2 Å². The van der Waals surface area contributed by atoms with Crippen molar-refractivity contribution in [1.82, 2.24) is 19.3 Å². The lowest BCUT2D eigenvalue weighted by atomic mass is 9.97. The quantitative estimate of drug-likeness (QED) is 0.731. The zero-order valence-electron chi connectivity index (χ0n) is 13.2. The first kappa shape index (κ1) is 14.8. The smallest absolute Gasteiger partial charge is 0.228 e.